The lowest BCUT2D eigenvalue weighted by molar-refractivity contribution is -0.117. The number of rotatable bonds is 7. The number of hydrogen-bond acceptors (Lipinski definition) is 2. The molecule has 0 saturated heterocycles. The minimum absolute atomic E-state index is 0.0641. The summed E-state index contributed by atoms with van der Waals surface area (Å²) in [6.45, 7) is 3.31. The van der Waals surface area contributed by atoms with Gasteiger partial charge in [-0.1, -0.05) is 31.0 Å². The number of ketones is 1. The zero-order valence-electron chi connectivity index (χ0n) is 9.93. The van der Waals surface area contributed by atoms with Crippen LogP contribution in [0.4, 0.5) is 4.39 Å². The van der Waals surface area contributed by atoms with Crippen LogP contribution in [-0.2, 0) is 11.2 Å². The summed E-state index contributed by atoms with van der Waals surface area (Å²) in [5.41, 5.74) is 0.749. The number of Topliss-reactive ketones (excluding diaryl/α,β-unsaturated/α-hetero) is 1. The molecule has 0 amide bonds. The lowest BCUT2D eigenvalue weighted by atomic mass is 10.1. The molecule has 0 spiro atoms. The van der Waals surface area contributed by atoms with E-state index in [0.29, 0.717) is 13.0 Å². The first-order valence-electron chi connectivity index (χ1n) is 5.79. The quantitative estimate of drug-likeness (QED) is 0.761. The van der Waals surface area contributed by atoms with Crippen LogP contribution in [0.15, 0.2) is 18.2 Å². The van der Waals surface area contributed by atoms with E-state index in [-0.39, 0.29) is 10.8 Å². The minimum Gasteiger partial charge on any atom is -0.310 e. The van der Waals surface area contributed by atoms with Gasteiger partial charge in [-0.05, 0) is 30.7 Å². The Kier molecular flexibility index (Phi) is 6.16. The van der Waals surface area contributed by atoms with Crippen molar-refractivity contribution in [3.05, 3.63) is 34.6 Å². The molecule has 1 N–H and O–H groups in total. The van der Waals surface area contributed by atoms with Crippen LogP contribution < -0.4 is 5.32 Å². The molecule has 1 aromatic carbocycles. The van der Waals surface area contributed by atoms with E-state index in [4.69, 9.17) is 11.6 Å². The molecular weight excluding hydrogens is 241 g/mol. The van der Waals surface area contributed by atoms with Gasteiger partial charge in [0.25, 0.3) is 0 Å². The van der Waals surface area contributed by atoms with Crippen molar-refractivity contribution in [1.82, 2.24) is 5.32 Å². The van der Waals surface area contributed by atoms with E-state index < -0.39 is 5.82 Å². The van der Waals surface area contributed by atoms with E-state index in [2.05, 4.69) is 12.2 Å². The van der Waals surface area contributed by atoms with Gasteiger partial charge in [-0.3, -0.25) is 4.79 Å². The van der Waals surface area contributed by atoms with E-state index in [9.17, 15) is 9.18 Å². The van der Waals surface area contributed by atoms with E-state index in [1.807, 2.05) is 0 Å². The van der Waals surface area contributed by atoms with Crippen LogP contribution >= 0.6 is 11.6 Å². The Morgan fingerprint density at radius 2 is 2.24 bits per heavy atom. The van der Waals surface area contributed by atoms with Gasteiger partial charge in [-0.2, -0.15) is 0 Å². The van der Waals surface area contributed by atoms with Crippen molar-refractivity contribution < 1.29 is 9.18 Å². The Morgan fingerprint density at radius 1 is 1.47 bits per heavy atom. The maximum Gasteiger partial charge on any atom is 0.150 e. The summed E-state index contributed by atoms with van der Waals surface area (Å²) in [4.78, 5) is 11.6. The summed E-state index contributed by atoms with van der Waals surface area (Å²) in [6, 6.07) is 4.38. The Morgan fingerprint density at radius 3 is 2.88 bits per heavy atom. The Balaban J connectivity index is 2.37. The molecule has 2 nitrogen and oxygen atoms in total. The van der Waals surface area contributed by atoms with Crippen molar-refractivity contribution in [2.45, 2.75) is 26.2 Å². The highest BCUT2D eigenvalue weighted by Gasteiger charge is 2.06. The SMILES string of the molecule is CCCCNCC(=O)Cc1ccc(F)c(Cl)c1. The molecule has 0 atom stereocenters. The summed E-state index contributed by atoms with van der Waals surface area (Å²) in [6.07, 6.45) is 2.46. The van der Waals surface area contributed by atoms with Gasteiger partial charge in [0.05, 0.1) is 11.6 Å². The monoisotopic (exact) mass is 257 g/mol. The van der Waals surface area contributed by atoms with Crippen molar-refractivity contribution in [1.29, 1.82) is 0 Å². The smallest absolute Gasteiger partial charge is 0.150 e. The maximum absolute atomic E-state index is 12.9. The second-order valence-corrected chi connectivity index (χ2v) is 4.40. The summed E-state index contributed by atoms with van der Waals surface area (Å²) >= 11 is 5.64. The van der Waals surface area contributed by atoms with Crippen molar-refractivity contribution in [2.75, 3.05) is 13.1 Å². The van der Waals surface area contributed by atoms with Crippen LogP contribution in [0, 0.1) is 5.82 Å². The molecule has 0 aliphatic heterocycles. The number of carbonyl (C=O) groups excluding carboxylic acids is 1. The molecule has 0 radical (unpaired) electrons. The van der Waals surface area contributed by atoms with Gasteiger partial charge in [0, 0.05) is 6.42 Å². The third kappa shape index (κ3) is 5.29. The average molecular weight is 258 g/mol. The predicted octanol–water partition coefficient (Wildman–Crippen LogP) is 2.98. The molecule has 1 rings (SSSR count). The molecule has 17 heavy (non-hydrogen) atoms. The highest BCUT2D eigenvalue weighted by Crippen LogP contribution is 2.16. The van der Waals surface area contributed by atoms with Gasteiger partial charge in [0.2, 0.25) is 0 Å². The predicted molar refractivity (Wildman–Crippen MR) is 67.9 cm³/mol. The molecule has 4 heteroatoms. The average Bonchev–Trinajstić information content (AvgIpc) is 2.30. The molecule has 0 fully saturated rings. The van der Waals surface area contributed by atoms with Crippen LogP contribution in [0.1, 0.15) is 25.3 Å². The van der Waals surface area contributed by atoms with Gasteiger partial charge in [0.1, 0.15) is 5.82 Å². The van der Waals surface area contributed by atoms with Gasteiger partial charge in [-0.15, -0.1) is 0 Å². The first-order valence-corrected chi connectivity index (χ1v) is 6.17. The van der Waals surface area contributed by atoms with Crippen LogP contribution in [0.5, 0.6) is 0 Å². The molecule has 0 aromatic heterocycles. The van der Waals surface area contributed by atoms with Gasteiger partial charge in [0.15, 0.2) is 5.78 Å². The number of hydrogen-bond donors (Lipinski definition) is 1. The van der Waals surface area contributed by atoms with E-state index in [1.54, 1.807) is 6.07 Å². The van der Waals surface area contributed by atoms with Crippen LogP contribution in [0.25, 0.3) is 0 Å². The van der Waals surface area contributed by atoms with Crippen molar-refractivity contribution in [3.8, 4) is 0 Å². The zero-order chi connectivity index (χ0) is 12.7. The molecule has 0 aliphatic carbocycles. The number of unbranched alkanes of at least 4 members (excludes halogenated alkanes) is 1. The molecule has 1 aromatic rings. The van der Waals surface area contributed by atoms with Gasteiger partial charge >= 0.3 is 0 Å². The first-order chi connectivity index (χ1) is 8.13. The molecular formula is C13H17ClFNO. The van der Waals surface area contributed by atoms with Crippen molar-refractivity contribution in [3.63, 3.8) is 0 Å². The summed E-state index contributed by atoms with van der Waals surface area (Å²) in [7, 11) is 0. The highest BCUT2D eigenvalue weighted by atomic mass is 35.5. The largest absolute Gasteiger partial charge is 0.310 e. The fourth-order valence-electron chi connectivity index (χ4n) is 1.47. The lowest BCUT2D eigenvalue weighted by Crippen LogP contribution is -2.25. The van der Waals surface area contributed by atoms with Crippen molar-refractivity contribution in [2.24, 2.45) is 0 Å². The molecule has 0 bridgehead atoms. The Labute approximate surface area is 106 Å². The maximum atomic E-state index is 12.9. The molecule has 0 aliphatic rings. The molecule has 0 heterocycles. The number of halogens is 2. The summed E-state index contributed by atoms with van der Waals surface area (Å²) in [5.74, 6) is -0.368. The third-order valence-electron chi connectivity index (χ3n) is 2.41. The number of benzene rings is 1. The van der Waals surface area contributed by atoms with E-state index >= 15 is 0 Å². The molecule has 0 saturated carbocycles. The normalized spacial score (nSPS) is 10.5. The third-order valence-corrected chi connectivity index (χ3v) is 2.70. The lowest BCUT2D eigenvalue weighted by Gasteiger charge is -2.04. The standard InChI is InChI=1S/C13H17ClFNO/c1-2-3-6-16-9-11(17)7-10-4-5-13(15)12(14)8-10/h4-5,8,16H,2-3,6-7,9H2,1H3. The number of carbonyl (C=O) groups is 1. The van der Waals surface area contributed by atoms with Gasteiger partial charge in [-0.25, -0.2) is 4.39 Å². The van der Waals surface area contributed by atoms with E-state index in [0.717, 1.165) is 24.9 Å². The Hall–Kier alpha value is -0.930. The molecule has 0 unspecified atom stereocenters. The number of nitrogens with one attached hydrogen (secondary N) is 1. The fraction of sp³-hybridized carbons (Fsp3) is 0.462. The minimum atomic E-state index is -0.455. The fourth-order valence-corrected chi connectivity index (χ4v) is 1.67. The van der Waals surface area contributed by atoms with Crippen molar-refractivity contribution >= 4 is 17.4 Å². The van der Waals surface area contributed by atoms with Crippen LogP contribution in [0.2, 0.25) is 5.02 Å². The summed E-state index contributed by atoms with van der Waals surface area (Å²) in [5, 5.41) is 3.14. The topological polar surface area (TPSA) is 29.1 Å². The zero-order valence-corrected chi connectivity index (χ0v) is 10.7. The van der Waals surface area contributed by atoms with Crippen LogP contribution in [-0.4, -0.2) is 18.9 Å². The van der Waals surface area contributed by atoms with E-state index in [1.165, 1.54) is 12.1 Å². The Bertz CT molecular complexity index is 382. The summed E-state index contributed by atoms with van der Waals surface area (Å²) < 4.78 is 12.9. The first kappa shape index (κ1) is 14.1. The molecule has 94 valence electrons. The van der Waals surface area contributed by atoms with Gasteiger partial charge < -0.3 is 5.32 Å². The van der Waals surface area contributed by atoms with Crippen LogP contribution in [0.3, 0.4) is 0 Å². The second kappa shape index (κ2) is 7.41. The second-order valence-electron chi connectivity index (χ2n) is 3.99. The highest BCUT2D eigenvalue weighted by molar-refractivity contribution is 6.30.